The number of nitrogens with zero attached hydrogens (tertiary/aromatic N) is 2. The summed E-state index contributed by atoms with van der Waals surface area (Å²) in [5.41, 5.74) is 5.13. The molecule has 4 nitrogen and oxygen atoms in total. The third-order valence-corrected chi connectivity index (χ3v) is 1.74. The fourth-order valence-electron chi connectivity index (χ4n) is 1.06. The SMILES string of the molecule is N#Cc1ccc(F)c(O)c1[C@@H](N)C#N. The van der Waals surface area contributed by atoms with Crippen molar-refractivity contribution in [2.75, 3.05) is 0 Å². The molecule has 0 aromatic heterocycles. The average molecular weight is 191 g/mol. The van der Waals surface area contributed by atoms with Crippen LogP contribution in [0.25, 0.3) is 0 Å². The Morgan fingerprint density at radius 3 is 2.57 bits per heavy atom. The highest BCUT2D eigenvalue weighted by atomic mass is 19.1. The molecule has 0 saturated heterocycles. The van der Waals surface area contributed by atoms with E-state index < -0.39 is 17.6 Å². The van der Waals surface area contributed by atoms with E-state index in [1.807, 2.05) is 0 Å². The van der Waals surface area contributed by atoms with Gasteiger partial charge in [0.1, 0.15) is 6.04 Å². The van der Waals surface area contributed by atoms with Crippen LogP contribution in [-0.2, 0) is 0 Å². The minimum atomic E-state index is -1.21. The molecule has 0 heterocycles. The van der Waals surface area contributed by atoms with Crippen LogP contribution < -0.4 is 5.73 Å². The van der Waals surface area contributed by atoms with E-state index in [0.29, 0.717) is 0 Å². The Kier molecular flexibility index (Phi) is 2.66. The third kappa shape index (κ3) is 1.49. The minimum Gasteiger partial charge on any atom is -0.505 e. The summed E-state index contributed by atoms with van der Waals surface area (Å²) in [5, 5.41) is 26.4. The van der Waals surface area contributed by atoms with E-state index in [4.69, 9.17) is 16.3 Å². The maximum atomic E-state index is 12.9. The fraction of sp³-hybridized carbons (Fsp3) is 0.111. The van der Waals surface area contributed by atoms with Gasteiger partial charge in [0.15, 0.2) is 11.6 Å². The smallest absolute Gasteiger partial charge is 0.165 e. The molecule has 0 amide bonds. The summed E-state index contributed by atoms with van der Waals surface area (Å²) in [5.74, 6) is -1.64. The first-order chi connectivity index (χ1) is 6.61. The molecule has 0 radical (unpaired) electrons. The molecule has 0 fully saturated rings. The number of aromatic hydroxyl groups is 1. The van der Waals surface area contributed by atoms with Crippen molar-refractivity contribution in [3.8, 4) is 17.9 Å². The molecule has 1 atom stereocenters. The predicted octanol–water partition coefficient (Wildman–Crippen LogP) is 0.926. The maximum Gasteiger partial charge on any atom is 0.165 e. The van der Waals surface area contributed by atoms with Crippen LogP contribution in [0.2, 0.25) is 0 Å². The van der Waals surface area contributed by atoms with Gasteiger partial charge in [0, 0.05) is 5.56 Å². The number of halogens is 1. The average Bonchev–Trinajstić information content (AvgIpc) is 2.20. The summed E-state index contributed by atoms with van der Waals surface area (Å²) in [6, 6.07) is 4.25. The molecule has 0 bridgehead atoms. The van der Waals surface area contributed by atoms with E-state index in [0.717, 1.165) is 6.07 Å². The molecule has 0 aliphatic heterocycles. The highest BCUT2D eigenvalue weighted by molar-refractivity contribution is 5.50. The standard InChI is InChI=1S/C9H6FN3O/c10-6-2-1-5(3-11)8(9(6)14)7(13)4-12/h1-2,7,14H,13H2/t7-/m0/s1. The van der Waals surface area contributed by atoms with Crippen molar-refractivity contribution < 1.29 is 9.50 Å². The predicted molar refractivity (Wildman–Crippen MR) is 45.3 cm³/mol. The molecule has 14 heavy (non-hydrogen) atoms. The van der Waals surface area contributed by atoms with E-state index in [1.165, 1.54) is 6.07 Å². The number of benzene rings is 1. The van der Waals surface area contributed by atoms with Gasteiger partial charge < -0.3 is 10.8 Å². The summed E-state index contributed by atoms with van der Waals surface area (Å²) in [6.07, 6.45) is 0. The van der Waals surface area contributed by atoms with Gasteiger partial charge in [-0.1, -0.05) is 0 Å². The summed E-state index contributed by atoms with van der Waals surface area (Å²) < 4.78 is 12.9. The van der Waals surface area contributed by atoms with Crippen molar-refractivity contribution in [1.82, 2.24) is 0 Å². The summed E-state index contributed by atoms with van der Waals surface area (Å²) in [6.45, 7) is 0. The molecule has 0 aliphatic rings. The van der Waals surface area contributed by atoms with Crippen LogP contribution in [-0.4, -0.2) is 5.11 Å². The van der Waals surface area contributed by atoms with E-state index in [2.05, 4.69) is 0 Å². The number of phenolic OH excluding ortho intramolecular Hbond substituents is 1. The lowest BCUT2D eigenvalue weighted by atomic mass is 10.0. The van der Waals surface area contributed by atoms with Gasteiger partial charge in [0.25, 0.3) is 0 Å². The molecule has 0 unspecified atom stereocenters. The lowest BCUT2D eigenvalue weighted by Gasteiger charge is -2.08. The molecule has 0 spiro atoms. The molecule has 3 N–H and O–H groups in total. The van der Waals surface area contributed by atoms with Crippen molar-refractivity contribution in [3.05, 3.63) is 29.1 Å². The van der Waals surface area contributed by atoms with E-state index in [1.54, 1.807) is 12.1 Å². The van der Waals surface area contributed by atoms with Gasteiger partial charge in [-0.15, -0.1) is 0 Å². The maximum absolute atomic E-state index is 12.9. The second kappa shape index (κ2) is 3.73. The molecule has 0 saturated carbocycles. The zero-order valence-electron chi connectivity index (χ0n) is 7.03. The molecule has 70 valence electrons. The summed E-state index contributed by atoms with van der Waals surface area (Å²) in [4.78, 5) is 0. The van der Waals surface area contributed by atoms with Crippen molar-refractivity contribution in [3.63, 3.8) is 0 Å². The molecular formula is C9H6FN3O. The van der Waals surface area contributed by atoms with Crippen LogP contribution in [0.1, 0.15) is 17.2 Å². The first-order valence-electron chi connectivity index (χ1n) is 3.68. The van der Waals surface area contributed by atoms with E-state index in [-0.39, 0.29) is 11.1 Å². The summed E-state index contributed by atoms with van der Waals surface area (Å²) >= 11 is 0. The lowest BCUT2D eigenvalue weighted by Crippen LogP contribution is -2.10. The molecule has 1 aromatic carbocycles. The Bertz CT molecular complexity index is 445. The van der Waals surface area contributed by atoms with Crippen molar-refractivity contribution in [1.29, 1.82) is 10.5 Å². The Morgan fingerprint density at radius 1 is 1.43 bits per heavy atom. The number of phenols is 1. The molecular weight excluding hydrogens is 185 g/mol. The van der Waals surface area contributed by atoms with E-state index >= 15 is 0 Å². The highest BCUT2D eigenvalue weighted by Crippen LogP contribution is 2.28. The van der Waals surface area contributed by atoms with Gasteiger partial charge in [-0.05, 0) is 12.1 Å². The first kappa shape index (κ1) is 9.97. The summed E-state index contributed by atoms with van der Waals surface area (Å²) in [7, 11) is 0. The molecule has 5 heteroatoms. The van der Waals surface area contributed by atoms with Gasteiger partial charge >= 0.3 is 0 Å². The lowest BCUT2D eigenvalue weighted by molar-refractivity contribution is 0.424. The van der Waals surface area contributed by atoms with Gasteiger partial charge in [-0.2, -0.15) is 10.5 Å². The molecule has 1 aromatic rings. The quantitative estimate of drug-likeness (QED) is 0.690. The Balaban J connectivity index is 3.47. The van der Waals surface area contributed by atoms with Crippen LogP contribution in [0, 0.1) is 28.5 Å². The second-order valence-corrected chi connectivity index (χ2v) is 2.58. The normalized spacial score (nSPS) is 11.4. The number of nitrogens with two attached hydrogens (primary N) is 1. The second-order valence-electron chi connectivity index (χ2n) is 2.58. The Hall–Kier alpha value is -2.11. The number of hydrogen-bond acceptors (Lipinski definition) is 4. The Labute approximate surface area is 79.6 Å². The van der Waals surface area contributed by atoms with Crippen LogP contribution in [0.15, 0.2) is 12.1 Å². The fourth-order valence-corrected chi connectivity index (χ4v) is 1.06. The van der Waals surface area contributed by atoms with Gasteiger partial charge in [0.2, 0.25) is 0 Å². The number of hydrogen-bond donors (Lipinski definition) is 2. The third-order valence-electron chi connectivity index (χ3n) is 1.74. The zero-order chi connectivity index (χ0) is 10.7. The molecule has 1 rings (SSSR count). The van der Waals surface area contributed by atoms with Crippen molar-refractivity contribution in [2.24, 2.45) is 5.73 Å². The van der Waals surface area contributed by atoms with Gasteiger partial charge in [-0.3, -0.25) is 0 Å². The monoisotopic (exact) mass is 191 g/mol. The minimum absolute atomic E-state index is 0.00190. The van der Waals surface area contributed by atoms with Crippen LogP contribution >= 0.6 is 0 Å². The molecule has 0 aliphatic carbocycles. The van der Waals surface area contributed by atoms with Crippen LogP contribution in [0.5, 0.6) is 5.75 Å². The number of rotatable bonds is 1. The van der Waals surface area contributed by atoms with Gasteiger partial charge in [-0.25, -0.2) is 4.39 Å². The van der Waals surface area contributed by atoms with Crippen molar-refractivity contribution >= 4 is 0 Å². The Morgan fingerprint density at radius 2 is 2.07 bits per heavy atom. The van der Waals surface area contributed by atoms with Crippen LogP contribution in [0.3, 0.4) is 0 Å². The van der Waals surface area contributed by atoms with Gasteiger partial charge in [0.05, 0.1) is 17.7 Å². The highest BCUT2D eigenvalue weighted by Gasteiger charge is 2.18. The van der Waals surface area contributed by atoms with Crippen LogP contribution in [0.4, 0.5) is 4.39 Å². The first-order valence-corrected chi connectivity index (χ1v) is 3.68. The number of nitriles is 2. The van der Waals surface area contributed by atoms with Crippen molar-refractivity contribution in [2.45, 2.75) is 6.04 Å². The zero-order valence-corrected chi connectivity index (χ0v) is 7.03. The largest absolute Gasteiger partial charge is 0.505 e. The van der Waals surface area contributed by atoms with E-state index in [9.17, 15) is 9.50 Å². The topological polar surface area (TPSA) is 93.8 Å².